The zero-order valence-corrected chi connectivity index (χ0v) is 14.6. The average molecular weight is 374 g/mol. The number of benzene rings is 2. The number of hydrogen-bond donors (Lipinski definition) is 1. The predicted molar refractivity (Wildman–Crippen MR) is 96.9 cm³/mol. The largest absolute Gasteiger partial charge is 0.444 e. The summed E-state index contributed by atoms with van der Waals surface area (Å²) in [5.41, 5.74) is 1.14. The lowest BCUT2D eigenvalue weighted by atomic mass is 10.1. The van der Waals surface area contributed by atoms with E-state index in [1.807, 2.05) is 6.07 Å². The van der Waals surface area contributed by atoms with E-state index < -0.39 is 17.9 Å². The summed E-state index contributed by atoms with van der Waals surface area (Å²) in [5, 5.41) is 2.81. The Balaban J connectivity index is 1.70. The fourth-order valence-electron chi connectivity index (χ4n) is 2.34. The highest BCUT2D eigenvalue weighted by Gasteiger charge is 2.30. The van der Waals surface area contributed by atoms with E-state index in [-0.39, 0.29) is 17.0 Å². The lowest BCUT2D eigenvalue weighted by molar-refractivity contribution is -0.151. The van der Waals surface area contributed by atoms with Gasteiger partial charge in [-0.25, -0.2) is 9.18 Å². The second-order valence-electron chi connectivity index (χ2n) is 6.02. The van der Waals surface area contributed by atoms with E-state index in [1.165, 1.54) is 30.4 Å². The van der Waals surface area contributed by atoms with Gasteiger partial charge in [-0.1, -0.05) is 48.0 Å². The molecule has 0 aliphatic heterocycles. The van der Waals surface area contributed by atoms with Gasteiger partial charge in [-0.2, -0.15) is 0 Å². The van der Waals surface area contributed by atoms with Gasteiger partial charge in [0.25, 0.3) is 5.91 Å². The Morgan fingerprint density at radius 3 is 2.58 bits per heavy atom. The van der Waals surface area contributed by atoms with E-state index in [4.69, 9.17) is 16.3 Å². The Hall–Kier alpha value is -2.66. The van der Waals surface area contributed by atoms with E-state index in [9.17, 15) is 14.0 Å². The summed E-state index contributed by atoms with van der Waals surface area (Å²) in [6.07, 6.45) is 3.49. The Morgan fingerprint density at radius 2 is 1.92 bits per heavy atom. The van der Waals surface area contributed by atoms with Crippen molar-refractivity contribution in [2.45, 2.75) is 25.0 Å². The number of ether oxygens (including phenoxy) is 1. The first-order valence-electron chi connectivity index (χ1n) is 8.22. The van der Waals surface area contributed by atoms with Gasteiger partial charge in [-0.3, -0.25) is 4.79 Å². The van der Waals surface area contributed by atoms with Crippen LogP contribution >= 0.6 is 11.6 Å². The van der Waals surface area contributed by atoms with Crippen molar-refractivity contribution in [3.05, 3.63) is 76.6 Å². The van der Waals surface area contributed by atoms with Crippen molar-refractivity contribution in [3.63, 3.8) is 0 Å². The molecule has 1 atom stereocenters. The molecule has 4 nitrogen and oxygen atoms in total. The third kappa shape index (κ3) is 4.92. The molecule has 0 unspecified atom stereocenters. The first-order valence-corrected chi connectivity index (χ1v) is 8.60. The number of esters is 1. The lowest BCUT2D eigenvalue weighted by Crippen LogP contribution is -2.33. The highest BCUT2D eigenvalue weighted by Crippen LogP contribution is 2.23. The van der Waals surface area contributed by atoms with Crippen LogP contribution in [0.5, 0.6) is 0 Å². The van der Waals surface area contributed by atoms with Crippen LogP contribution in [0.3, 0.4) is 0 Å². The van der Waals surface area contributed by atoms with Gasteiger partial charge >= 0.3 is 5.97 Å². The summed E-state index contributed by atoms with van der Waals surface area (Å²) in [5.74, 6) is -1.55. The van der Waals surface area contributed by atoms with Crippen molar-refractivity contribution in [2.75, 3.05) is 0 Å². The van der Waals surface area contributed by atoms with Gasteiger partial charge < -0.3 is 10.1 Å². The predicted octanol–water partition coefficient (Wildman–Crippen LogP) is 4.06. The molecule has 1 aliphatic rings. The number of rotatable bonds is 6. The maximum absolute atomic E-state index is 13.2. The molecule has 6 heteroatoms. The van der Waals surface area contributed by atoms with Crippen LogP contribution in [0.2, 0.25) is 5.02 Å². The Kier molecular flexibility index (Phi) is 5.68. The van der Waals surface area contributed by atoms with E-state index in [1.54, 1.807) is 24.3 Å². The van der Waals surface area contributed by atoms with Crippen molar-refractivity contribution in [1.82, 2.24) is 5.32 Å². The minimum atomic E-state index is -1.02. The van der Waals surface area contributed by atoms with Gasteiger partial charge in [0.2, 0.25) is 6.10 Å². The molecule has 26 heavy (non-hydrogen) atoms. The smallest absolute Gasteiger partial charge is 0.331 e. The Labute approximate surface area is 155 Å². The van der Waals surface area contributed by atoms with Crippen LogP contribution in [-0.2, 0) is 14.3 Å². The molecule has 1 fully saturated rings. The molecule has 134 valence electrons. The zero-order valence-electron chi connectivity index (χ0n) is 13.8. The topological polar surface area (TPSA) is 55.4 Å². The molecule has 1 saturated carbocycles. The number of nitrogens with one attached hydrogen (secondary N) is 1. The minimum Gasteiger partial charge on any atom is -0.444 e. The molecule has 0 spiro atoms. The molecule has 2 aromatic rings. The molecule has 1 N–H and O–H groups in total. The number of carbonyl (C=O) groups is 2. The highest BCUT2D eigenvalue weighted by atomic mass is 35.5. The van der Waals surface area contributed by atoms with Crippen LogP contribution < -0.4 is 5.32 Å². The number of halogens is 2. The zero-order chi connectivity index (χ0) is 18.5. The molecular weight excluding hydrogens is 357 g/mol. The van der Waals surface area contributed by atoms with Gasteiger partial charge in [0.05, 0.1) is 5.02 Å². The standard InChI is InChI=1S/C20H17ClFNO3/c21-16-12-13(6-10-17(16)22)7-11-18(24)26-19(14-4-2-1-3-5-14)20(25)23-15-8-9-15/h1-7,10-12,15,19H,8-9H2,(H,23,25)/b11-7+/t19-/m0/s1. The number of amides is 1. The second kappa shape index (κ2) is 8.15. The van der Waals surface area contributed by atoms with Gasteiger partial charge in [0, 0.05) is 17.7 Å². The van der Waals surface area contributed by atoms with Crippen molar-refractivity contribution in [2.24, 2.45) is 0 Å². The quantitative estimate of drug-likeness (QED) is 0.613. The fraction of sp³-hybridized carbons (Fsp3) is 0.200. The van der Waals surface area contributed by atoms with Gasteiger partial charge in [0.1, 0.15) is 5.82 Å². The summed E-state index contributed by atoms with van der Waals surface area (Å²) >= 11 is 5.71. The maximum atomic E-state index is 13.2. The third-order valence-electron chi connectivity index (χ3n) is 3.85. The van der Waals surface area contributed by atoms with E-state index in [2.05, 4.69) is 5.32 Å². The molecule has 0 bridgehead atoms. The number of hydrogen-bond acceptors (Lipinski definition) is 3. The first-order chi connectivity index (χ1) is 12.5. The Morgan fingerprint density at radius 1 is 1.19 bits per heavy atom. The summed E-state index contributed by atoms with van der Waals surface area (Å²) in [7, 11) is 0. The molecule has 0 radical (unpaired) electrons. The van der Waals surface area contributed by atoms with Crippen molar-refractivity contribution in [1.29, 1.82) is 0 Å². The van der Waals surface area contributed by atoms with E-state index in [0.29, 0.717) is 11.1 Å². The van der Waals surface area contributed by atoms with Crippen LogP contribution in [0.4, 0.5) is 4.39 Å². The monoisotopic (exact) mass is 373 g/mol. The SMILES string of the molecule is O=C(/C=C/c1ccc(F)c(Cl)c1)O[C@H](C(=O)NC1CC1)c1ccccc1. The van der Waals surface area contributed by atoms with Gasteiger partial charge in [0.15, 0.2) is 0 Å². The molecular formula is C20H17ClFNO3. The summed E-state index contributed by atoms with van der Waals surface area (Å²) in [4.78, 5) is 24.6. The molecule has 2 aromatic carbocycles. The minimum absolute atomic E-state index is 0.0357. The fourth-order valence-corrected chi connectivity index (χ4v) is 2.53. The van der Waals surface area contributed by atoms with Crippen LogP contribution in [0.25, 0.3) is 6.08 Å². The second-order valence-corrected chi connectivity index (χ2v) is 6.42. The van der Waals surface area contributed by atoms with E-state index >= 15 is 0 Å². The summed E-state index contributed by atoms with van der Waals surface area (Å²) in [6, 6.07) is 13.1. The van der Waals surface area contributed by atoms with Crippen LogP contribution in [0, 0.1) is 5.82 Å². The van der Waals surface area contributed by atoms with Crippen molar-refractivity contribution >= 4 is 29.6 Å². The lowest BCUT2D eigenvalue weighted by Gasteiger charge is -2.17. The van der Waals surface area contributed by atoms with E-state index in [0.717, 1.165) is 12.8 Å². The van der Waals surface area contributed by atoms with Gasteiger partial charge in [-0.15, -0.1) is 0 Å². The molecule has 3 rings (SSSR count). The van der Waals surface area contributed by atoms with Crippen molar-refractivity contribution in [3.8, 4) is 0 Å². The molecule has 0 heterocycles. The normalized spacial score (nSPS) is 14.8. The third-order valence-corrected chi connectivity index (χ3v) is 4.14. The molecule has 0 aromatic heterocycles. The molecule has 0 saturated heterocycles. The molecule has 1 aliphatic carbocycles. The van der Waals surface area contributed by atoms with Gasteiger partial charge in [-0.05, 0) is 36.6 Å². The Bertz CT molecular complexity index is 834. The highest BCUT2D eigenvalue weighted by molar-refractivity contribution is 6.30. The number of carbonyl (C=O) groups excluding carboxylic acids is 2. The summed E-state index contributed by atoms with van der Waals surface area (Å²) in [6.45, 7) is 0. The van der Waals surface area contributed by atoms with Crippen molar-refractivity contribution < 1.29 is 18.7 Å². The van der Waals surface area contributed by atoms with Crippen LogP contribution in [0.15, 0.2) is 54.6 Å². The first kappa shape index (κ1) is 18.1. The average Bonchev–Trinajstić information content (AvgIpc) is 3.45. The van der Waals surface area contributed by atoms with Crippen LogP contribution in [-0.4, -0.2) is 17.9 Å². The summed E-state index contributed by atoms with van der Waals surface area (Å²) < 4.78 is 18.5. The maximum Gasteiger partial charge on any atom is 0.331 e. The molecule has 1 amide bonds. The van der Waals surface area contributed by atoms with Crippen LogP contribution in [0.1, 0.15) is 30.1 Å².